The van der Waals surface area contributed by atoms with Crippen molar-refractivity contribution in [2.75, 3.05) is 20.4 Å². The molecular formula is C6H13NO3. The van der Waals surface area contributed by atoms with Gasteiger partial charge in [-0.25, -0.2) is 4.79 Å². The Bertz CT molecular complexity index is 85.0. The number of nitrogens with one attached hydrogen (secondary N) is 1. The summed E-state index contributed by atoms with van der Waals surface area (Å²) in [4.78, 5) is 10.5. The van der Waals surface area contributed by atoms with Crippen molar-refractivity contribution in [2.24, 2.45) is 0 Å². The Morgan fingerprint density at radius 2 is 2.30 bits per heavy atom. The van der Waals surface area contributed by atoms with Gasteiger partial charge in [-0.3, -0.25) is 0 Å². The summed E-state index contributed by atoms with van der Waals surface area (Å²) in [5.41, 5.74) is 0. The molecule has 10 heavy (non-hydrogen) atoms. The standard InChI is InChI=1S/C6H13NO3/c1-3-4-7-6(8)10-5-9-2/h3-5H2,1-2H3,(H,7,8). The average molecular weight is 147 g/mol. The summed E-state index contributed by atoms with van der Waals surface area (Å²) in [5, 5.41) is 2.53. The Kier molecular flexibility index (Phi) is 5.86. The lowest BCUT2D eigenvalue weighted by Gasteiger charge is -2.03. The number of alkyl carbamates (subject to hydrolysis) is 1. The van der Waals surface area contributed by atoms with E-state index in [9.17, 15) is 4.79 Å². The third-order valence-electron chi connectivity index (χ3n) is 0.827. The van der Waals surface area contributed by atoms with Crippen LogP contribution in [-0.2, 0) is 9.47 Å². The topological polar surface area (TPSA) is 47.6 Å². The van der Waals surface area contributed by atoms with Crippen LogP contribution in [0, 0.1) is 0 Å². The number of hydrogen-bond donors (Lipinski definition) is 1. The van der Waals surface area contributed by atoms with E-state index in [4.69, 9.17) is 0 Å². The molecule has 4 heteroatoms. The van der Waals surface area contributed by atoms with E-state index in [0.29, 0.717) is 6.54 Å². The highest BCUT2D eigenvalue weighted by molar-refractivity contribution is 5.66. The van der Waals surface area contributed by atoms with Crippen LogP contribution in [0.25, 0.3) is 0 Å². The first-order chi connectivity index (χ1) is 4.81. The number of rotatable bonds is 4. The fourth-order valence-corrected chi connectivity index (χ4v) is 0.391. The van der Waals surface area contributed by atoms with Crippen molar-refractivity contribution >= 4 is 6.09 Å². The van der Waals surface area contributed by atoms with Crippen molar-refractivity contribution in [1.82, 2.24) is 5.32 Å². The molecule has 60 valence electrons. The van der Waals surface area contributed by atoms with E-state index in [0.717, 1.165) is 6.42 Å². The van der Waals surface area contributed by atoms with Crippen LogP contribution in [0.2, 0.25) is 0 Å². The first-order valence-corrected chi connectivity index (χ1v) is 3.20. The molecule has 0 aliphatic heterocycles. The minimum atomic E-state index is -0.427. The molecular weight excluding hydrogens is 134 g/mol. The zero-order chi connectivity index (χ0) is 7.82. The van der Waals surface area contributed by atoms with Crippen LogP contribution in [0.4, 0.5) is 4.79 Å². The molecule has 1 N–H and O–H groups in total. The molecule has 0 fully saturated rings. The van der Waals surface area contributed by atoms with Crippen LogP contribution >= 0.6 is 0 Å². The van der Waals surface area contributed by atoms with Crippen molar-refractivity contribution in [3.8, 4) is 0 Å². The van der Waals surface area contributed by atoms with Gasteiger partial charge in [0.05, 0.1) is 0 Å². The lowest BCUT2D eigenvalue weighted by molar-refractivity contribution is 0.0120. The predicted molar refractivity (Wildman–Crippen MR) is 36.7 cm³/mol. The average Bonchev–Trinajstić information content (AvgIpc) is 1.97. The molecule has 4 nitrogen and oxygen atoms in total. The highest BCUT2D eigenvalue weighted by atomic mass is 16.7. The molecule has 0 aromatic rings. The number of carbonyl (C=O) groups is 1. The lowest BCUT2D eigenvalue weighted by atomic mass is 10.5. The molecule has 0 unspecified atom stereocenters. The summed E-state index contributed by atoms with van der Waals surface area (Å²) in [6.07, 6.45) is 0.478. The maximum atomic E-state index is 10.5. The van der Waals surface area contributed by atoms with Crippen molar-refractivity contribution < 1.29 is 14.3 Å². The first kappa shape index (κ1) is 9.23. The van der Waals surface area contributed by atoms with Gasteiger partial charge in [-0.15, -0.1) is 0 Å². The van der Waals surface area contributed by atoms with Crippen molar-refractivity contribution in [3.05, 3.63) is 0 Å². The zero-order valence-electron chi connectivity index (χ0n) is 6.35. The maximum absolute atomic E-state index is 10.5. The summed E-state index contributed by atoms with van der Waals surface area (Å²) in [5.74, 6) is 0. The van der Waals surface area contributed by atoms with E-state index in [-0.39, 0.29) is 6.79 Å². The van der Waals surface area contributed by atoms with Gasteiger partial charge in [-0.1, -0.05) is 6.92 Å². The van der Waals surface area contributed by atoms with E-state index < -0.39 is 6.09 Å². The quantitative estimate of drug-likeness (QED) is 0.596. The Labute approximate surface area is 60.5 Å². The molecule has 0 bridgehead atoms. The van der Waals surface area contributed by atoms with Crippen LogP contribution in [0.15, 0.2) is 0 Å². The summed E-state index contributed by atoms with van der Waals surface area (Å²) < 4.78 is 9.03. The fraction of sp³-hybridized carbons (Fsp3) is 0.833. The second-order valence-electron chi connectivity index (χ2n) is 1.77. The Balaban J connectivity index is 3.09. The van der Waals surface area contributed by atoms with Gasteiger partial charge in [-0.05, 0) is 6.42 Å². The van der Waals surface area contributed by atoms with Crippen LogP contribution in [-0.4, -0.2) is 26.5 Å². The normalized spacial score (nSPS) is 9.00. The monoisotopic (exact) mass is 147 g/mol. The molecule has 0 aromatic heterocycles. The van der Waals surface area contributed by atoms with E-state index in [2.05, 4.69) is 14.8 Å². The smallest absolute Gasteiger partial charge is 0.409 e. The molecule has 0 aliphatic carbocycles. The molecule has 0 saturated heterocycles. The van der Waals surface area contributed by atoms with Gasteiger partial charge in [0.1, 0.15) is 0 Å². The van der Waals surface area contributed by atoms with Gasteiger partial charge in [0.25, 0.3) is 0 Å². The van der Waals surface area contributed by atoms with Crippen LogP contribution in [0.1, 0.15) is 13.3 Å². The molecule has 0 aromatic carbocycles. The van der Waals surface area contributed by atoms with Gasteiger partial charge in [0.2, 0.25) is 0 Å². The number of carbonyl (C=O) groups excluding carboxylic acids is 1. The van der Waals surface area contributed by atoms with Crippen molar-refractivity contribution in [2.45, 2.75) is 13.3 Å². The number of ether oxygens (including phenoxy) is 2. The molecule has 0 spiro atoms. The van der Waals surface area contributed by atoms with E-state index in [1.807, 2.05) is 6.92 Å². The molecule has 0 saturated carbocycles. The van der Waals surface area contributed by atoms with E-state index >= 15 is 0 Å². The molecule has 0 radical (unpaired) electrons. The van der Waals surface area contributed by atoms with Gasteiger partial charge >= 0.3 is 6.09 Å². The Morgan fingerprint density at radius 3 is 2.80 bits per heavy atom. The number of amides is 1. The lowest BCUT2D eigenvalue weighted by Crippen LogP contribution is -2.25. The third-order valence-corrected chi connectivity index (χ3v) is 0.827. The molecule has 0 rings (SSSR count). The second-order valence-corrected chi connectivity index (χ2v) is 1.77. The predicted octanol–water partition coefficient (Wildman–Crippen LogP) is 0.726. The second kappa shape index (κ2) is 6.35. The summed E-state index contributed by atoms with van der Waals surface area (Å²) in [7, 11) is 1.47. The molecule has 0 heterocycles. The molecule has 0 aliphatic rings. The van der Waals surface area contributed by atoms with Gasteiger partial charge in [-0.2, -0.15) is 0 Å². The zero-order valence-corrected chi connectivity index (χ0v) is 6.35. The summed E-state index contributed by atoms with van der Waals surface area (Å²) in [6.45, 7) is 2.62. The number of methoxy groups -OCH3 is 1. The van der Waals surface area contributed by atoms with Crippen LogP contribution in [0.5, 0.6) is 0 Å². The van der Waals surface area contributed by atoms with Gasteiger partial charge < -0.3 is 14.8 Å². The van der Waals surface area contributed by atoms with Crippen LogP contribution in [0.3, 0.4) is 0 Å². The van der Waals surface area contributed by atoms with E-state index in [1.54, 1.807) is 0 Å². The number of hydrogen-bond acceptors (Lipinski definition) is 3. The molecule has 0 atom stereocenters. The molecule has 1 amide bonds. The highest BCUT2D eigenvalue weighted by Gasteiger charge is 1.96. The third kappa shape index (κ3) is 5.37. The van der Waals surface area contributed by atoms with Gasteiger partial charge in [0.15, 0.2) is 6.79 Å². The summed E-state index contributed by atoms with van der Waals surface area (Å²) >= 11 is 0. The Hall–Kier alpha value is -0.770. The first-order valence-electron chi connectivity index (χ1n) is 3.20. The van der Waals surface area contributed by atoms with Crippen LogP contribution < -0.4 is 5.32 Å². The minimum Gasteiger partial charge on any atom is -0.422 e. The van der Waals surface area contributed by atoms with Gasteiger partial charge in [0, 0.05) is 13.7 Å². The maximum Gasteiger partial charge on any atom is 0.409 e. The van der Waals surface area contributed by atoms with Crippen molar-refractivity contribution in [3.63, 3.8) is 0 Å². The summed E-state index contributed by atoms with van der Waals surface area (Å²) in [6, 6.07) is 0. The minimum absolute atomic E-state index is 0.00947. The highest BCUT2D eigenvalue weighted by Crippen LogP contribution is 1.78. The fourth-order valence-electron chi connectivity index (χ4n) is 0.391. The van der Waals surface area contributed by atoms with Crippen molar-refractivity contribution in [1.29, 1.82) is 0 Å². The Morgan fingerprint density at radius 1 is 1.60 bits per heavy atom. The SMILES string of the molecule is CCCNC(=O)OCOC. The van der Waals surface area contributed by atoms with E-state index in [1.165, 1.54) is 7.11 Å². The largest absolute Gasteiger partial charge is 0.422 e.